The van der Waals surface area contributed by atoms with E-state index in [0.717, 1.165) is 5.75 Å². The Labute approximate surface area is 85.5 Å². The quantitative estimate of drug-likeness (QED) is 0.797. The SMILES string of the molecule is COc1cccc(C(C)C(C)CO)c1. The molecule has 1 N–H and O–H groups in total. The number of aliphatic hydroxyl groups is 1. The zero-order valence-corrected chi connectivity index (χ0v) is 9.03. The second-order valence-corrected chi connectivity index (χ2v) is 3.73. The second kappa shape index (κ2) is 5.01. The Morgan fingerprint density at radius 1 is 1.36 bits per heavy atom. The highest BCUT2D eigenvalue weighted by atomic mass is 16.5. The van der Waals surface area contributed by atoms with Crippen molar-refractivity contribution in [1.29, 1.82) is 0 Å². The predicted octanol–water partition coefficient (Wildman–Crippen LogP) is 2.43. The molecule has 0 spiro atoms. The van der Waals surface area contributed by atoms with Gasteiger partial charge in [-0.1, -0.05) is 26.0 Å². The Bertz CT molecular complexity index is 283. The van der Waals surface area contributed by atoms with E-state index in [2.05, 4.69) is 13.0 Å². The van der Waals surface area contributed by atoms with Gasteiger partial charge in [-0.05, 0) is 29.5 Å². The molecular weight excluding hydrogens is 176 g/mol. The van der Waals surface area contributed by atoms with Crippen LogP contribution in [0.25, 0.3) is 0 Å². The third-order valence-corrected chi connectivity index (χ3v) is 2.76. The average molecular weight is 194 g/mol. The van der Waals surface area contributed by atoms with Crippen LogP contribution in [0.1, 0.15) is 25.3 Å². The maximum atomic E-state index is 9.06. The Morgan fingerprint density at radius 3 is 2.64 bits per heavy atom. The third kappa shape index (κ3) is 2.48. The van der Waals surface area contributed by atoms with E-state index < -0.39 is 0 Å². The van der Waals surface area contributed by atoms with Gasteiger partial charge in [0.15, 0.2) is 0 Å². The molecule has 1 aromatic rings. The van der Waals surface area contributed by atoms with Gasteiger partial charge in [-0.15, -0.1) is 0 Å². The van der Waals surface area contributed by atoms with Gasteiger partial charge in [-0.2, -0.15) is 0 Å². The summed E-state index contributed by atoms with van der Waals surface area (Å²) in [5.41, 5.74) is 1.21. The van der Waals surface area contributed by atoms with Crippen LogP contribution in [-0.2, 0) is 0 Å². The number of rotatable bonds is 4. The van der Waals surface area contributed by atoms with E-state index >= 15 is 0 Å². The van der Waals surface area contributed by atoms with Crippen molar-refractivity contribution in [3.63, 3.8) is 0 Å². The molecule has 0 amide bonds. The van der Waals surface area contributed by atoms with Crippen LogP contribution in [0.3, 0.4) is 0 Å². The predicted molar refractivity (Wildman–Crippen MR) is 57.7 cm³/mol. The van der Waals surface area contributed by atoms with Gasteiger partial charge in [0.1, 0.15) is 5.75 Å². The maximum absolute atomic E-state index is 9.06. The fraction of sp³-hybridized carbons (Fsp3) is 0.500. The summed E-state index contributed by atoms with van der Waals surface area (Å²) < 4.78 is 5.16. The molecule has 0 aliphatic rings. The molecule has 2 nitrogen and oxygen atoms in total. The number of aliphatic hydroxyl groups excluding tert-OH is 1. The monoisotopic (exact) mass is 194 g/mol. The minimum atomic E-state index is 0.221. The highest BCUT2D eigenvalue weighted by Gasteiger charge is 2.13. The van der Waals surface area contributed by atoms with Crippen LogP contribution in [0.15, 0.2) is 24.3 Å². The summed E-state index contributed by atoms with van der Waals surface area (Å²) in [6, 6.07) is 8.00. The first-order valence-electron chi connectivity index (χ1n) is 4.93. The van der Waals surface area contributed by atoms with Gasteiger partial charge < -0.3 is 9.84 Å². The molecule has 0 bridgehead atoms. The van der Waals surface area contributed by atoms with E-state index in [9.17, 15) is 0 Å². The van der Waals surface area contributed by atoms with Gasteiger partial charge >= 0.3 is 0 Å². The summed E-state index contributed by atoms with van der Waals surface area (Å²) in [5, 5.41) is 9.06. The molecule has 78 valence electrons. The summed E-state index contributed by atoms with van der Waals surface area (Å²) in [6.07, 6.45) is 0. The van der Waals surface area contributed by atoms with Crippen molar-refractivity contribution in [3.8, 4) is 5.75 Å². The number of hydrogen-bond acceptors (Lipinski definition) is 2. The lowest BCUT2D eigenvalue weighted by Crippen LogP contribution is -2.10. The van der Waals surface area contributed by atoms with E-state index in [1.165, 1.54) is 5.56 Å². The van der Waals surface area contributed by atoms with E-state index in [4.69, 9.17) is 9.84 Å². The fourth-order valence-corrected chi connectivity index (χ4v) is 1.41. The van der Waals surface area contributed by atoms with Crippen molar-refractivity contribution < 1.29 is 9.84 Å². The van der Waals surface area contributed by atoms with Gasteiger partial charge in [-0.25, -0.2) is 0 Å². The Kier molecular flexibility index (Phi) is 3.96. The largest absolute Gasteiger partial charge is 0.497 e. The molecule has 0 aromatic heterocycles. The van der Waals surface area contributed by atoms with E-state index in [0.29, 0.717) is 5.92 Å². The second-order valence-electron chi connectivity index (χ2n) is 3.73. The Hall–Kier alpha value is -1.02. The molecular formula is C12H18O2. The van der Waals surface area contributed by atoms with Crippen molar-refractivity contribution in [1.82, 2.24) is 0 Å². The minimum Gasteiger partial charge on any atom is -0.497 e. The molecule has 1 rings (SSSR count). The fourth-order valence-electron chi connectivity index (χ4n) is 1.41. The van der Waals surface area contributed by atoms with Crippen LogP contribution in [0.4, 0.5) is 0 Å². The number of methoxy groups -OCH3 is 1. The molecule has 2 unspecified atom stereocenters. The van der Waals surface area contributed by atoms with Crippen molar-refractivity contribution in [2.45, 2.75) is 19.8 Å². The lowest BCUT2D eigenvalue weighted by Gasteiger charge is -2.18. The molecule has 0 heterocycles. The average Bonchev–Trinajstić information content (AvgIpc) is 2.27. The first-order valence-corrected chi connectivity index (χ1v) is 4.93. The summed E-state index contributed by atoms with van der Waals surface area (Å²) in [4.78, 5) is 0. The van der Waals surface area contributed by atoms with Crippen molar-refractivity contribution in [3.05, 3.63) is 29.8 Å². The lowest BCUT2D eigenvalue weighted by molar-refractivity contribution is 0.220. The zero-order valence-electron chi connectivity index (χ0n) is 9.03. The van der Waals surface area contributed by atoms with Crippen LogP contribution < -0.4 is 4.74 Å². The molecule has 2 heteroatoms. The van der Waals surface area contributed by atoms with Crippen LogP contribution in [0.5, 0.6) is 5.75 Å². The van der Waals surface area contributed by atoms with Crippen LogP contribution >= 0.6 is 0 Å². The third-order valence-electron chi connectivity index (χ3n) is 2.76. The molecule has 0 fully saturated rings. The van der Waals surface area contributed by atoms with Gasteiger partial charge in [-0.3, -0.25) is 0 Å². The van der Waals surface area contributed by atoms with Gasteiger partial charge in [0.25, 0.3) is 0 Å². The molecule has 0 saturated heterocycles. The normalized spacial score (nSPS) is 14.9. The van der Waals surface area contributed by atoms with Crippen molar-refractivity contribution in [2.24, 2.45) is 5.92 Å². The molecule has 14 heavy (non-hydrogen) atoms. The molecule has 0 radical (unpaired) electrons. The van der Waals surface area contributed by atoms with Crippen molar-refractivity contribution in [2.75, 3.05) is 13.7 Å². The molecule has 2 atom stereocenters. The first-order chi connectivity index (χ1) is 6.69. The topological polar surface area (TPSA) is 29.5 Å². The van der Waals surface area contributed by atoms with E-state index in [1.54, 1.807) is 7.11 Å². The zero-order chi connectivity index (χ0) is 10.6. The lowest BCUT2D eigenvalue weighted by atomic mass is 9.89. The van der Waals surface area contributed by atoms with Crippen LogP contribution in [0, 0.1) is 5.92 Å². The number of hydrogen-bond donors (Lipinski definition) is 1. The van der Waals surface area contributed by atoms with Crippen LogP contribution in [0.2, 0.25) is 0 Å². The number of benzene rings is 1. The van der Waals surface area contributed by atoms with Crippen LogP contribution in [-0.4, -0.2) is 18.8 Å². The summed E-state index contributed by atoms with van der Waals surface area (Å²) in [7, 11) is 1.67. The van der Waals surface area contributed by atoms with E-state index in [1.807, 2.05) is 25.1 Å². The van der Waals surface area contributed by atoms with Gasteiger partial charge in [0.05, 0.1) is 7.11 Å². The van der Waals surface area contributed by atoms with Crippen molar-refractivity contribution >= 4 is 0 Å². The summed E-state index contributed by atoms with van der Waals surface area (Å²) in [5.74, 6) is 1.51. The molecule has 0 aliphatic heterocycles. The van der Waals surface area contributed by atoms with Gasteiger partial charge in [0.2, 0.25) is 0 Å². The standard InChI is InChI=1S/C12H18O2/c1-9(8-13)10(2)11-5-4-6-12(7-11)14-3/h4-7,9-10,13H,8H2,1-3H3. The molecule has 0 saturated carbocycles. The molecule has 1 aromatic carbocycles. The molecule has 0 aliphatic carbocycles. The van der Waals surface area contributed by atoms with Gasteiger partial charge in [0, 0.05) is 6.61 Å². The maximum Gasteiger partial charge on any atom is 0.119 e. The summed E-state index contributed by atoms with van der Waals surface area (Å²) in [6.45, 7) is 4.39. The Morgan fingerprint density at radius 2 is 2.07 bits per heavy atom. The first kappa shape index (κ1) is 11.1. The minimum absolute atomic E-state index is 0.221. The highest BCUT2D eigenvalue weighted by Crippen LogP contribution is 2.26. The smallest absolute Gasteiger partial charge is 0.119 e. The Balaban J connectivity index is 2.83. The number of ether oxygens (including phenoxy) is 1. The summed E-state index contributed by atoms with van der Waals surface area (Å²) >= 11 is 0. The highest BCUT2D eigenvalue weighted by molar-refractivity contribution is 5.30. The van der Waals surface area contributed by atoms with E-state index in [-0.39, 0.29) is 12.5 Å².